The van der Waals surface area contributed by atoms with Crippen molar-refractivity contribution in [2.75, 3.05) is 0 Å². The number of alkyl carbamates (subject to hydrolysis) is 1. The predicted octanol–water partition coefficient (Wildman–Crippen LogP) is 0.813. The Hall–Kier alpha value is -0.990. The van der Waals surface area contributed by atoms with Crippen LogP contribution < -0.4 is 5.32 Å². The Labute approximate surface area is 59.1 Å². The first-order valence-corrected chi connectivity index (χ1v) is 3.48. The summed E-state index contributed by atoms with van der Waals surface area (Å²) in [5, 5.41) is 2.74. The SMILES string of the molecule is O=C1NC2CC=CCC2O1. The van der Waals surface area contributed by atoms with Crippen molar-refractivity contribution in [1.29, 1.82) is 0 Å². The fourth-order valence-electron chi connectivity index (χ4n) is 1.39. The molecule has 1 aliphatic heterocycles. The summed E-state index contributed by atoms with van der Waals surface area (Å²) in [5.74, 6) is 0. The largest absolute Gasteiger partial charge is 0.444 e. The third-order valence-electron chi connectivity index (χ3n) is 1.94. The van der Waals surface area contributed by atoms with Gasteiger partial charge in [0.2, 0.25) is 0 Å². The van der Waals surface area contributed by atoms with Crippen LogP contribution >= 0.6 is 0 Å². The summed E-state index contributed by atoms with van der Waals surface area (Å²) in [6.07, 6.45) is 5.74. The molecule has 2 atom stereocenters. The van der Waals surface area contributed by atoms with Crippen LogP contribution in [-0.4, -0.2) is 18.2 Å². The standard InChI is InChI=1S/C7H9NO2/c9-7-8-5-3-1-2-4-6(5)10-7/h1-2,5-6H,3-4H2,(H,8,9). The second-order valence-electron chi connectivity index (χ2n) is 2.64. The van der Waals surface area contributed by atoms with Gasteiger partial charge < -0.3 is 10.1 Å². The lowest BCUT2D eigenvalue weighted by Crippen LogP contribution is -2.32. The highest BCUT2D eigenvalue weighted by molar-refractivity contribution is 5.70. The summed E-state index contributed by atoms with van der Waals surface area (Å²) in [4.78, 5) is 10.6. The number of carbonyl (C=O) groups excluding carboxylic acids is 1. The molecular formula is C7H9NO2. The molecule has 2 aliphatic rings. The lowest BCUT2D eigenvalue weighted by Gasteiger charge is -2.16. The molecule has 0 aromatic carbocycles. The molecule has 3 heteroatoms. The maximum Gasteiger partial charge on any atom is 0.407 e. The number of hydrogen-bond donors (Lipinski definition) is 1. The first-order chi connectivity index (χ1) is 4.86. The zero-order chi connectivity index (χ0) is 6.97. The fraction of sp³-hybridized carbons (Fsp3) is 0.571. The molecule has 0 radical (unpaired) electrons. The summed E-state index contributed by atoms with van der Waals surface area (Å²) >= 11 is 0. The summed E-state index contributed by atoms with van der Waals surface area (Å²) in [5.41, 5.74) is 0. The minimum absolute atomic E-state index is 0.0949. The van der Waals surface area contributed by atoms with Gasteiger partial charge in [-0.05, 0) is 6.42 Å². The predicted molar refractivity (Wildman–Crippen MR) is 35.6 cm³/mol. The fourth-order valence-corrected chi connectivity index (χ4v) is 1.39. The second-order valence-corrected chi connectivity index (χ2v) is 2.64. The van der Waals surface area contributed by atoms with E-state index in [1.54, 1.807) is 0 Å². The smallest absolute Gasteiger partial charge is 0.407 e. The van der Waals surface area contributed by atoms with E-state index in [1.807, 2.05) is 0 Å². The Morgan fingerprint density at radius 1 is 1.50 bits per heavy atom. The molecule has 1 amide bonds. The average molecular weight is 139 g/mol. The molecule has 2 rings (SSSR count). The zero-order valence-corrected chi connectivity index (χ0v) is 5.54. The Balaban J connectivity index is 2.11. The lowest BCUT2D eigenvalue weighted by atomic mass is 10.00. The minimum Gasteiger partial charge on any atom is -0.444 e. The van der Waals surface area contributed by atoms with E-state index in [4.69, 9.17) is 4.74 Å². The Morgan fingerprint density at radius 2 is 2.30 bits per heavy atom. The minimum atomic E-state index is -0.265. The van der Waals surface area contributed by atoms with E-state index in [0.29, 0.717) is 0 Å². The highest BCUT2D eigenvalue weighted by Gasteiger charge is 2.33. The molecule has 1 saturated heterocycles. The summed E-state index contributed by atoms with van der Waals surface area (Å²) in [6.45, 7) is 0. The third kappa shape index (κ3) is 0.781. The van der Waals surface area contributed by atoms with Crippen molar-refractivity contribution < 1.29 is 9.53 Å². The van der Waals surface area contributed by atoms with Crippen molar-refractivity contribution in [1.82, 2.24) is 5.32 Å². The van der Waals surface area contributed by atoms with Crippen molar-refractivity contribution in [3.8, 4) is 0 Å². The molecule has 0 spiro atoms. The highest BCUT2D eigenvalue weighted by atomic mass is 16.6. The third-order valence-corrected chi connectivity index (χ3v) is 1.94. The van der Waals surface area contributed by atoms with Crippen LogP contribution in [0.25, 0.3) is 0 Å². The van der Waals surface area contributed by atoms with Gasteiger partial charge in [-0.3, -0.25) is 0 Å². The van der Waals surface area contributed by atoms with Gasteiger partial charge in [0, 0.05) is 6.42 Å². The number of nitrogens with one attached hydrogen (secondary N) is 1. The molecular weight excluding hydrogens is 130 g/mol. The van der Waals surface area contributed by atoms with Crippen LogP contribution in [-0.2, 0) is 4.74 Å². The quantitative estimate of drug-likeness (QED) is 0.504. The van der Waals surface area contributed by atoms with Gasteiger partial charge in [0.15, 0.2) is 0 Å². The number of amides is 1. The Morgan fingerprint density at radius 3 is 3.10 bits per heavy atom. The summed E-state index contributed by atoms with van der Waals surface area (Å²) in [6, 6.07) is 0.234. The highest BCUT2D eigenvalue weighted by Crippen LogP contribution is 2.20. The molecule has 1 aliphatic carbocycles. The maximum atomic E-state index is 10.6. The zero-order valence-electron chi connectivity index (χ0n) is 5.54. The van der Waals surface area contributed by atoms with E-state index in [0.717, 1.165) is 12.8 Å². The molecule has 54 valence electrons. The van der Waals surface area contributed by atoms with Gasteiger partial charge in [-0.25, -0.2) is 4.79 Å². The molecule has 1 N–H and O–H groups in total. The maximum absolute atomic E-state index is 10.6. The van der Waals surface area contributed by atoms with Crippen LogP contribution in [0.2, 0.25) is 0 Å². The normalized spacial score (nSPS) is 36.6. The van der Waals surface area contributed by atoms with Crippen molar-refractivity contribution in [3.05, 3.63) is 12.2 Å². The van der Waals surface area contributed by atoms with E-state index in [-0.39, 0.29) is 18.2 Å². The Bertz CT molecular complexity index is 170. The number of fused-ring (bicyclic) bond motifs is 1. The van der Waals surface area contributed by atoms with Gasteiger partial charge >= 0.3 is 6.09 Å². The molecule has 3 nitrogen and oxygen atoms in total. The van der Waals surface area contributed by atoms with Crippen LogP contribution in [0.5, 0.6) is 0 Å². The van der Waals surface area contributed by atoms with Crippen LogP contribution in [0, 0.1) is 0 Å². The van der Waals surface area contributed by atoms with E-state index < -0.39 is 0 Å². The van der Waals surface area contributed by atoms with Crippen LogP contribution in [0.4, 0.5) is 4.79 Å². The number of rotatable bonds is 0. The molecule has 0 aromatic rings. The van der Waals surface area contributed by atoms with Gasteiger partial charge in [-0.2, -0.15) is 0 Å². The van der Waals surface area contributed by atoms with Crippen LogP contribution in [0.1, 0.15) is 12.8 Å². The van der Waals surface area contributed by atoms with Gasteiger partial charge in [0.1, 0.15) is 6.10 Å². The second kappa shape index (κ2) is 2.01. The first kappa shape index (κ1) is 5.77. The van der Waals surface area contributed by atoms with E-state index in [1.165, 1.54) is 0 Å². The lowest BCUT2D eigenvalue weighted by molar-refractivity contribution is 0.131. The number of hydrogen-bond acceptors (Lipinski definition) is 2. The monoisotopic (exact) mass is 139 g/mol. The van der Waals surface area contributed by atoms with Crippen molar-refractivity contribution >= 4 is 6.09 Å². The van der Waals surface area contributed by atoms with Gasteiger partial charge in [-0.1, -0.05) is 12.2 Å². The molecule has 0 bridgehead atoms. The van der Waals surface area contributed by atoms with Crippen molar-refractivity contribution in [2.24, 2.45) is 0 Å². The molecule has 10 heavy (non-hydrogen) atoms. The summed E-state index contributed by atoms with van der Waals surface area (Å²) < 4.78 is 4.96. The van der Waals surface area contributed by atoms with Crippen molar-refractivity contribution in [2.45, 2.75) is 25.0 Å². The number of carbonyl (C=O) groups is 1. The number of ether oxygens (including phenoxy) is 1. The van der Waals surface area contributed by atoms with Crippen molar-refractivity contribution in [3.63, 3.8) is 0 Å². The van der Waals surface area contributed by atoms with Crippen LogP contribution in [0.3, 0.4) is 0 Å². The molecule has 0 aromatic heterocycles. The van der Waals surface area contributed by atoms with E-state index in [2.05, 4.69) is 17.5 Å². The van der Waals surface area contributed by atoms with Gasteiger partial charge in [-0.15, -0.1) is 0 Å². The molecule has 1 fully saturated rings. The van der Waals surface area contributed by atoms with E-state index in [9.17, 15) is 4.79 Å². The Kier molecular flexibility index (Phi) is 1.16. The van der Waals surface area contributed by atoms with Gasteiger partial charge in [0.05, 0.1) is 6.04 Å². The van der Waals surface area contributed by atoms with Crippen LogP contribution in [0.15, 0.2) is 12.2 Å². The molecule has 1 heterocycles. The molecule has 0 saturated carbocycles. The van der Waals surface area contributed by atoms with E-state index >= 15 is 0 Å². The first-order valence-electron chi connectivity index (χ1n) is 3.48. The molecule has 2 unspecified atom stereocenters. The average Bonchev–Trinajstić information content (AvgIpc) is 2.27. The van der Waals surface area contributed by atoms with Gasteiger partial charge in [0.25, 0.3) is 0 Å². The topological polar surface area (TPSA) is 38.3 Å². The summed E-state index contributed by atoms with van der Waals surface area (Å²) in [7, 11) is 0.